The first-order chi connectivity index (χ1) is 14.7. The van der Waals surface area contributed by atoms with Gasteiger partial charge in [0.05, 0.1) is 18.4 Å². The fourth-order valence-electron chi connectivity index (χ4n) is 3.42. The fourth-order valence-corrected chi connectivity index (χ4v) is 4.04. The molecule has 0 bridgehead atoms. The number of aromatic nitrogens is 4. The third-order valence-corrected chi connectivity index (χ3v) is 5.64. The molecule has 0 atom stereocenters. The standard InChI is InChI=1S/C22H23N5O2S/c1-3-12-27-17-10-6-5-9-16(17)20-21(27)24-22(26-25-20)30-14-19(28)23-13-15-8-4-7-11-18(15)29-2/h4-11H,3,12-14H2,1-2H3,(H,23,28). The van der Waals surface area contributed by atoms with Crippen LogP contribution in [0.4, 0.5) is 0 Å². The van der Waals surface area contributed by atoms with E-state index >= 15 is 0 Å². The van der Waals surface area contributed by atoms with Crippen LogP contribution < -0.4 is 10.1 Å². The lowest BCUT2D eigenvalue weighted by atomic mass is 10.2. The average molecular weight is 422 g/mol. The second kappa shape index (κ2) is 9.13. The lowest BCUT2D eigenvalue weighted by molar-refractivity contribution is -0.118. The van der Waals surface area contributed by atoms with Crippen LogP contribution in [-0.4, -0.2) is 38.5 Å². The van der Waals surface area contributed by atoms with Gasteiger partial charge < -0.3 is 14.6 Å². The number of amides is 1. The summed E-state index contributed by atoms with van der Waals surface area (Å²) in [6, 6.07) is 15.8. The number of benzene rings is 2. The zero-order valence-electron chi connectivity index (χ0n) is 17.0. The Bertz CT molecular complexity index is 1190. The molecule has 4 rings (SSSR count). The molecule has 0 saturated heterocycles. The van der Waals surface area contributed by atoms with Gasteiger partial charge in [0.15, 0.2) is 5.65 Å². The molecule has 0 spiro atoms. The molecule has 2 aromatic heterocycles. The molecule has 1 N–H and O–H groups in total. The normalized spacial score (nSPS) is 11.1. The van der Waals surface area contributed by atoms with E-state index in [0.717, 1.165) is 46.3 Å². The van der Waals surface area contributed by atoms with Gasteiger partial charge in [0.1, 0.15) is 11.3 Å². The molecule has 0 unspecified atom stereocenters. The first-order valence-corrected chi connectivity index (χ1v) is 10.8. The van der Waals surface area contributed by atoms with E-state index in [1.807, 2.05) is 42.5 Å². The fraction of sp³-hybridized carbons (Fsp3) is 0.273. The third-order valence-electron chi connectivity index (χ3n) is 4.80. The van der Waals surface area contributed by atoms with E-state index in [4.69, 9.17) is 9.72 Å². The average Bonchev–Trinajstić information content (AvgIpc) is 3.10. The number of nitrogens with one attached hydrogen (secondary N) is 1. The van der Waals surface area contributed by atoms with E-state index in [2.05, 4.69) is 33.1 Å². The van der Waals surface area contributed by atoms with Crippen LogP contribution >= 0.6 is 11.8 Å². The number of carbonyl (C=O) groups is 1. The highest BCUT2D eigenvalue weighted by atomic mass is 32.2. The summed E-state index contributed by atoms with van der Waals surface area (Å²) in [4.78, 5) is 17.0. The van der Waals surface area contributed by atoms with Crippen molar-refractivity contribution in [1.82, 2.24) is 25.1 Å². The van der Waals surface area contributed by atoms with Gasteiger partial charge in [-0.15, -0.1) is 10.2 Å². The molecule has 2 heterocycles. The maximum atomic E-state index is 12.3. The number of ether oxygens (including phenoxy) is 1. The second-order valence-electron chi connectivity index (χ2n) is 6.81. The van der Waals surface area contributed by atoms with E-state index in [0.29, 0.717) is 11.7 Å². The summed E-state index contributed by atoms with van der Waals surface area (Å²) in [5.74, 6) is 0.881. The topological polar surface area (TPSA) is 81.9 Å². The molecule has 0 saturated carbocycles. The Labute approximate surface area is 178 Å². The molecule has 8 heteroatoms. The summed E-state index contributed by atoms with van der Waals surface area (Å²) in [7, 11) is 1.62. The van der Waals surface area contributed by atoms with Crippen LogP contribution in [-0.2, 0) is 17.9 Å². The van der Waals surface area contributed by atoms with Crippen LogP contribution in [0.15, 0.2) is 53.7 Å². The number of hydrogen-bond donors (Lipinski definition) is 1. The first kappa shape index (κ1) is 20.2. The Hall–Kier alpha value is -3.13. The molecule has 1 amide bonds. The van der Waals surface area contributed by atoms with Crippen molar-refractivity contribution in [2.75, 3.05) is 12.9 Å². The van der Waals surface area contributed by atoms with E-state index in [-0.39, 0.29) is 11.7 Å². The minimum Gasteiger partial charge on any atom is -0.496 e. The number of hydrogen-bond acceptors (Lipinski definition) is 6. The van der Waals surface area contributed by atoms with Crippen molar-refractivity contribution in [3.63, 3.8) is 0 Å². The van der Waals surface area contributed by atoms with Crippen molar-refractivity contribution in [2.24, 2.45) is 0 Å². The number of fused-ring (bicyclic) bond motifs is 3. The van der Waals surface area contributed by atoms with Crippen molar-refractivity contribution in [1.29, 1.82) is 0 Å². The Morgan fingerprint density at radius 3 is 2.77 bits per heavy atom. The van der Waals surface area contributed by atoms with Gasteiger partial charge in [-0.25, -0.2) is 4.98 Å². The van der Waals surface area contributed by atoms with Crippen molar-refractivity contribution in [3.8, 4) is 5.75 Å². The minimum absolute atomic E-state index is 0.0938. The largest absolute Gasteiger partial charge is 0.496 e. The minimum atomic E-state index is -0.0938. The van der Waals surface area contributed by atoms with Gasteiger partial charge in [0, 0.05) is 24.0 Å². The van der Waals surface area contributed by atoms with E-state index < -0.39 is 0 Å². The molecule has 0 radical (unpaired) electrons. The SMILES string of the molecule is CCCn1c2ccccc2c2nnc(SCC(=O)NCc3ccccc3OC)nc21. The van der Waals surface area contributed by atoms with Gasteiger partial charge in [0.2, 0.25) is 11.1 Å². The van der Waals surface area contributed by atoms with Crippen LogP contribution in [0.25, 0.3) is 22.1 Å². The van der Waals surface area contributed by atoms with E-state index in [9.17, 15) is 4.79 Å². The number of aryl methyl sites for hydroxylation is 1. The van der Waals surface area contributed by atoms with Crippen LogP contribution in [0.5, 0.6) is 5.75 Å². The van der Waals surface area contributed by atoms with Gasteiger partial charge in [-0.05, 0) is 18.6 Å². The Kier molecular flexibility index (Phi) is 6.13. The summed E-state index contributed by atoms with van der Waals surface area (Å²) in [6.07, 6.45) is 0.992. The summed E-state index contributed by atoms with van der Waals surface area (Å²) >= 11 is 1.28. The maximum absolute atomic E-state index is 12.3. The van der Waals surface area contributed by atoms with Crippen LogP contribution in [0, 0.1) is 0 Å². The molecule has 154 valence electrons. The van der Waals surface area contributed by atoms with Crippen molar-refractivity contribution >= 4 is 39.7 Å². The summed E-state index contributed by atoms with van der Waals surface area (Å²) in [6.45, 7) is 3.40. The molecule has 4 aromatic rings. The van der Waals surface area contributed by atoms with Gasteiger partial charge in [0.25, 0.3) is 0 Å². The molecular formula is C22H23N5O2S. The number of carbonyl (C=O) groups excluding carboxylic acids is 1. The summed E-state index contributed by atoms with van der Waals surface area (Å²) in [5.41, 5.74) is 3.64. The highest BCUT2D eigenvalue weighted by molar-refractivity contribution is 7.99. The maximum Gasteiger partial charge on any atom is 0.230 e. The zero-order chi connectivity index (χ0) is 20.9. The molecule has 2 aromatic carbocycles. The number of nitrogens with zero attached hydrogens (tertiary/aromatic N) is 4. The Morgan fingerprint density at radius 2 is 1.93 bits per heavy atom. The number of rotatable bonds is 8. The smallest absolute Gasteiger partial charge is 0.230 e. The number of methoxy groups -OCH3 is 1. The highest BCUT2D eigenvalue weighted by Gasteiger charge is 2.15. The monoisotopic (exact) mass is 421 g/mol. The summed E-state index contributed by atoms with van der Waals surface area (Å²) in [5, 5.41) is 13.1. The Balaban J connectivity index is 1.47. The van der Waals surface area contributed by atoms with Crippen molar-refractivity contribution in [3.05, 3.63) is 54.1 Å². The van der Waals surface area contributed by atoms with Crippen LogP contribution in [0.2, 0.25) is 0 Å². The van der Waals surface area contributed by atoms with E-state index in [1.54, 1.807) is 7.11 Å². The van der Waals surface area contributed by atoms with Crippen molar-refractivity contribution < 1.29 is 9.53 Å². The first-order valence-electron chi connectivity index (χ1n) is 9.84. The molecule has 0 fully saturated rings. The predicted molar refractivity (Wildman–Crippen MR) is 119 cm³/mol. The molecule has 7 nitrogen and oxygen atoms in total. The zero-order valence-corrected chi connectivity index (χ0v) is 17.8. The van der Waals surface area contributed by atoms with Crippen LogP contribution in [0.3, 0.4) is 0 Å². The lowest BCUT2D eigenvalue weighted by Crippen LogP contribution is -2.24. The van der Waals surface area contributed by atoms with Crippen molar-refractivity contribution in [2.45, 2.75) is 31.6 Å². The van der Waals surface area contributed by atoms with E-state index in [1.165, 1.54) is 11.8 Å². The Morgan fingerprint density at radius 1 is 1.13 bits per heavy atom. The van der Waals surface area contributed by atoms with Crippen LogP contribution in [0.1, 0.15) is 18.9 Å². The number of para-hydroxylation sites is 2. The molecular weight excluding hydrogens is 398 g/mol. The van der Waals surface area contributed by atoms with Gasteiger partial charge in [-0.3, -0.25) is 4.79 Å². The predicted octanol–water partition coefficient (Wildman–Crippen LogP) is 3.81. The number of thioether (sulfide) groups is 1. The molecule has 30 heavy (non-hydrogen) atoms. The lowest BCUT2D eigenvalue weighted by Gasteiger charge is -2.09. The van der Waals surface area contributed by atoms with Gasteiger partial charge in [-0.1, -0.05) is 55.1 Å². The second-order valence-corrected chi connectivity index (χ2v) is 7.76. The van der Waals surface area contributed by atoms with Gasteiger partial charge >= 0.3 is 0 Å². The third kappa shape index (κ3) is 4.09. The molecule has 0 aliphatic carbocycles. The summed E-state index contributed by atoms with van der Waals surface area (Å²) < 4.78 is 7.49. The quantitative estimate of drug-likeness (QED) is 0.436. The molecule has 0 aliphatic rings. The molecule has 0 aliphatic heterocycles. The van der Waals surface area contributed by atoms with Gasteiger partial charge in [-0.2, -0.15) is 0 Å². The highest BCUT2D eigenvalue weighted by Crippen LogP contribution is 2.27.